The van der Waals surface area contributed by atoms with Gasteiger partial charge in [0.2, 0.25) is 0 Å². The van der Waals surface area contributed by atoms with Crippen molar-refractivity contribution in [3.8, 4) is 17.6 Å². The summed E-state index contributed by atoms with van der Waals surface area (Å²) in [4.78, 5) is 32.9. The summed E-state index contributed by atoms with van der Waals surface area (Å²) in [5.41, 5.74) is 2.52. The molecular weight excluding hydrogens is 574 g/mol. The van der Waals surface area contributed by atoms with E-state index in [2.05, 4.69) is 0 Å². The highest BCUT2D eigenvalue weighted by atomic mass is 35.5. The number of carbonyl (C=O) groups is 1. The van der Waals surface area contributed by atoms with Gasteiger partial charge < -0.3 is 14.2 Å². The SMILES string of the molecule is CCOC(=O)C1=C(c2ccccc2)N=c2s/c(=C\c3ccc(OCC#N)c(OCC)c3)c(=O)n2[C@@H]1c1ccc(Cl)cc1. The van der Waals surface area contributed by atoms with Crippen LogP contribution in [0.3, 0.4) is 0 Å². The molecule has 1 aromatic heterocycles. The molecule has 212 valence electrons. The van der Waals surface area contributed by atoms with Gasteiger partial charge in [0.1, 0.15) is 6.07 Å². The van der Waals surface area contributed by atoms with E-state index in [4.69, 9.17) is 36.1 Å². The van der Waals surface area contributed by atoms with Gasteiger partial charge in [0.25, 0.3) is 5.56 Å². The molecular formula is C32H26ClN3O5S. The number of aromatic nitrogens is 1. The van der Waals surface area contributed by atoms with Gasteiger partial charge in [-0.3, -0.25) is 9.36 Å². The van der Waals surface area contributed by atoms with Gasteiger partial charge in [-0.25, -0.2) is 9.79 Å². The molecule has 1 aliphatic rings. The predicted molar refractivity (Wildman–Crippen MR) is 161 cm³/mol. The average Bonchev–Trinajstić information content (AvgIpc) is 3.31. The van der Waals surface area contributed by atoms with Crippen LogP contribution in [0, 0.1) is 11.3 Å². The molecule has 0 N–H and O–H groups in total. The van der Waals surface area contributed by atoms with Crippen LogP contribution >= 0.6 is 22.9 Å². The lowest BCUT2D eigenvalue weighted by atomic mass is 9.93. The summed E-state index contributed by atoms with van der Waals surface area (Å²) in [6.45, 7) is 4.03. The van der Waals surface area contributed by atoms with E-state index in [-0.39, 0.29) is 24.3 Å². The number of nitriles is 1. The number of carbonyl (C=O) groups excluding carboxylic acids is 1. The third kappa shape index (κ3) is 5.86. The zero-order valence-electron chi connectivity index (χ0n) is 22.9. The van der Waals surface area contributed by atoms with E-state index in [1.165, 1.54) is 15.9 Å². The normalized spacial score (nSPS) is 14.5. The van der Waals surface area contributed by atoms with E-state index in [0.717, 1.165) is 5.56 Å². The molecule has 4 aromatic rings. The third-order valence-electron chi connectivity index (χ3n) is 6.42. The maximum Gasteiger partial charge on any atom is 0.338 e. The summed E-state index contributed by atoms with van der Waals surface area (Å²) in [5.74, 6) is 0.347. The second kappa shape index (κ2) is 12.9. The molecule has 0 fully saturated rings. The first-order chi connectivity index (χ1) is 20.4. The first-order valence-corrected chi connectivity index (χ1v) is 14.4. The van der Waals surface area contributed by atoms with Crippen molar-refractivity contribution in [2.24, 2.45) is 4.99 Å². The Morgan fingerprint density at radius 3 is 2.50 bits per heavy atom. The average molecular weight is 600 g/mol. The molecule has 8 nitrogen and oxygen atoms in total. The fourth-order valence-corrected chi connectivity index (χ4v) is 5.79. The lowest BCUT2D eigenvalue weighted by Crippen LogP contribution is -2.40. The number of ether oxygens (including phenoxy) is 3. The van der Waals surface area contributed by atoms with Crippen LogP contribution in [0.1, 0.15) is 36.6 Å². The number of benzene rings is 3. The largest absolute Gasteiger partial charge is 0.490 e. The number of hydrogen-bond donors (Lipinski definition) is 0. The number of nitrogens with zero attached hydrogens (tertiary/aromatic N) is 3. The fraction of sp³-hybridized carbons (Fsp3) is 0.188. The zero-order chi connectivity index (χ0) is 29.6. The highest BCUT2D eigenvalue weighted by molar-refractivity contribution is 7.07. The standard InChI is InChI=1S/C32H26ClN3O5S/c1-3-39-25-18-20(10-15-24(25)41-17-16-34)19-26-30(37)36-29(22-11-13-23(33)14-12-22)27(31(38)40-4-2)28(35-32(36)42-26)21-8-6-5-7-9-21/h5-15,18-19,29H,3-4,17H2,1-2H3/b26-19-/t29-/m1/s1. The van der Waals surface area contributed by atoms with Crippen LogP contribution in [0.25, 0.3) is 11.8 Å². The van der Waals surface area contributed by atoms with Crippen LogP contribution in [0.4, 0.5) is 0 Å². The number of halogens is 1. The Labute approximate surface area is 251 Å². The minimum Gasteiger partial charge on any atom is -0.490 e. The smallest absolute Gasteiger partial charge is 0.338 e. The van der Waals surface area contributed by atoms with Gasteiger partial charge >= 0.3 is 5.97 Å². The topological polar surface area (TPSA) is 103 Å². The Balaban J connectivity index is 1.74. The van der Waals surface area contributed by atoms with Gasteiger partial charge in [-0.1, -0.05) is 71.5 Å². The van der Waals surface area contributed by atoms with E-state index < -0.39 is 12.0 Å². The molecule has 2 heterocycles. The molecule has 5 rings (SSSR count). The molecule has 1 atom stereocenters. The van der Waals surface area contributed by atoms with Crippen molar-refractivity contribution >= 4 is 40.7 Å². The molecule has 0 saturated heterocycles. The molecule has 0 bridgehead atoms. The van der Waals surface area contributed by atoms with Crippen molar-refractivity contribution in [2.45, 2.75) is 19.9 Å². The van der Waals surface area contributed by atoms with Gasteiger partial charge in [0.05, 0.1) is 35.1 Å². The maximum atomic E-state index is 14.0. The third-order valence-corrected chi connectivity index (χ3v) is 7.65. The van der Waals surface area contributed by atoms with Crippen molar-refractivity contribution in [1.29, 1.82) is 5.26 Å². The maximum absolute atomic E-state index is 14.0. The molecule has 0 amide bonds. The summed E-state index contributed by atoms with van der Waals surface area (Å²) in [5, 5.41) is 9.43. The second-order valence-corrected chi connectivity index (χ2v) is 10.5. The molecule has 0 saturated carbocycles. The lowest BCUT2D eigenvalue weighted by molar-refractivity contribution is -0.138. The summed E-state index contributed by atoms with van der Waals surface area (Å²) >= 11 is 7.42. The van der Waals surface area contributed by atoms with Crippen LogP contribution < -0.4 is 24.4 Å². The van der Waals surface area contributed by atoms with Crippen molar-refractivity contribution in [1.82, 2.24) is 4.57 Å². The quantitative estimate of drug-likeness (QED) is 0.254. The van der Waals surface area contributed by atoms with Crippen molar-refractivity contribution < 1.29 is 19.0 Å². The summed E-state index contributed by atoms with van der Waals surface area (Å²) in [6.07, 6.45) is 1.75. The first-order valence-electron chi connectivity index (χ1n) is 13.3. The number of rotatable bonds is 9. The van der Waals surface area contributed by atoms with E-state index in [9.17, 15) is 9.59 Å². The van der Waals surface area contributed by atoms with Crippen LogP contribution in [0.2, 0.25) is 5.02 Å². The molecule has 42 heavy (non-hydrogen) atoms. The monoisotopic (exact) mass is 599 g/mol. The highest BCUT2D eigenvalue weighted by Crippen LogP contribution is 2.35. The number of fused-ring (bicyclic) bond motifs is 1. The number of thiazole rings is 1. The molecule has 10 heteroatoms. The zero-order valence-corrected chi connectivity index (χ0v) is 24.4. The Bertz CT molecular complexity index is 1870. The molecule has 0 radical (unpaired) electrons. The second-order valence-electron chi connectivity index (χ2n) is 9.07. The van der Waals surface area contributed by atoms with E-state index in [1.807, 2.05) is 43.3 Å². The van der Waals surface area contributed by atoms with Gasteiger partial charge in [-0.05, 0) is 55.3 Å². The fourth-order valence-electron chi connectivity index (χ4n) is 4.66. The van der Waals surface area contributed by atoms with Gasteiger partial charge in [0, 0.05) is 10.6 Å². The van der Waals surface area contributed by atoms with Crippen molar-refractivity contribution in [2.75, 3.05) is 19.8 Å². The minimum absolute atomic E-state index is 0.116. The van der Waals surface area contributed by atoms with E-state index in [0.29, 0.717) is 49.3 Å². The van der Waals surface area contributed by atoms with Crippen LogP contribution in [0.5, 0.6) is 11.5 Å². The molecule has 0 spiro atoms. The van der Waals surface area contributed by atoms with E-state index >= 15 is 0 Å². The van der Waals surface area contributed by atoms with E-state index in [1.54, 1.807) is 55.5 Å². The summed E-state index contributed by atoms with van der Waals surface area (Å²) in [7, 11) is 0. The van der Waals surface area contributed by atoms with Crippen molar-refractivity contribution in [3.05, 3.63) is 120 Å². The Kier molecular flexibility index (Phi) is 8.86. The summed E-state index contributed by atoms with van der Waals surface area (Å²) in [6, 6.07) is 22.8. The Hall–Kier alpha value is -4.65. The number of esters is 1. The Morgan fingerprint density at radius 1 is 1.05 bits per heavy atom. The van der Waals surface area contributed by atoms with Crippen molar-refractivity contribution in [3.63, 3.8) is 0 Å². The first kappa shape index (κ1) is 28.9. The Morgan fingerprint density at radius 2 is 1.81 bits per heavy atom. The van der Waals surface area contributed by atoms with Gasteiger partial charge in [-0.15, -0.1) is 0 Å². The van der Waals surface area contributed by atoms with Crippen LogP contribution in [-0.4, -0.2) is 30.4 Å². The van der Waals surface area contributed by atoms with Crippen LogP contribution in [-0.2, 0) is 9.53 Å². The van der Waals surface area contributed by atoms with Gasteiger partial charge in [0.15, 0.2) is 22.9 Å². The highest BCUT2D eigenvalue weighted by Gasteiger charge is 2.35. The molecule has 0 aliphatic carbocycles. The molecule has 3 aromatic carbocycles. The number of hydrogen-bond acceptors (Lipinski definition) is 8. The van der Waals surface area contributed by atoms with Gasteiger partial charge in [-0.2, -0.15) is 5.26 Å². The lowest BCUT2D eigenvalue weighted by Gasteiger charge is -2.25. The van der Waals surface area contributed by atoms with Crippen LogP contribution in [0.15, 0.2) is 88.2 Å². The molecule has 0 unspecified atom stereocenters. The summed E-state index contributed by atoms with van der Waals surface area (Å²) < 4.78 is 18.6. The minimum atomic E-state index is -0.796. The molecule has 1 aliphatic heterocycles. The predicted octanol–water partition coefficient (Wildman–Crippen LogP) is 4.89.